The quantitative estimate of drug-likeness (QED) is 0.536. The van der Waals surface area contributed by atoms with E-state index >= 15 is 0 Å². The van der Waals surface area contributed by atoms with Gasteiger partial charge in [0.25, 0.3) is 0 Å². The van der Waals surface area contributed by atoms with Crippen LogP contribution in [0.25, 0.3) is 11.0 Å². The van der Waals surface area contributed by atoms with Crippen LogP contribution in [0.3, 0.4) is 0 Å². The van der Waals surface area contributed by atoms with Crippen LogP contribution < -0.4 is 5.32 Å². The predicted octanol–water partition coefficient (Wildman–Crippen LogP) is 4.44. The Bertz CT molecular complexity index is 1070. The molecule has 0 atom stereocenters. The SMILES string of the molecule is Cc1cnc2[nH]cc(Cc3ccc(Nc4ccc(C)nc4)nc3F)c2c1. The van der Waals surface area contributed by atoms with Crippen molar-refractivity contribution in [3.05, 3.63) is 77.3 Å². The van der Waals surface area contributed by atoms with E-state index in [1.165, 1.54) is 0 Å². The number of hydrogen-bond donors (Lipinski definition) is 2. The summed E-state index contributed by atoms with van der Waals surface area (Å²) in [6, 6.07) is 9.36. The van der Waals surface area contributed by atoms with Crippen LogP contribution in [0, 0.1) is 19.8 Å². The van der Waals surface area contributed by atoms with Crippen molar-refractivity contribution in [1.82, 2.24) is 19.9 Å². The molecule has 4 rings (SSSR count). The van der Waals surface area contributed by atoms with Crippen molar-refractivity contribution in [3.63, 3.8) is 0 Å². The fourth-order valence-electron chi connectivity index (χ4n) is 2.87. The van der Waals surface area contributed by atoms with Crippen molar-refractivity contribution >= 4 is 22.5 Å². The number of halogens is 1. The van der Waals surface area contributed by atoms with E-state index < -0.39 is 5.95 Å². The minimum absolute atomic E-state index is 0.452. The molecule has 0 aliphatic heterocycles. The molecular weight excluding hydrogens is 329 g/mol. The molecule has 4 heterocycles. The monoisotopic (exact) mass is 347 g/mol. The number of pyridine rings is 3. The molecule has 26 heavy (non-hydrogen) atoms. The van der Waals surface area contributed by atoms with Gasteiger partial charge in [-0.05, 0) is 49.2 Å². The maximum atomic E-state index is 14.5. The molecule has 0 unspecified atom stereocenters. The summed E-state index contributed by atoms with van der Waals surface area (Å²) in [5.74, 6) is -0.0293. The van der Waals surface area contributed by atoms with Crippen LogP contribution in [0.1, 0.15) is 22.4 Å². The lowest BCUT2D eigenvalue weighted by molar-refractivity contribution is 0.572. The van der Waals surface area contributed by atoms with Gasteiger partial charge in [-0.1, -0.05) is 6.07 Å². The smallest absolute Gasteiger partial charge is 0.218 e. The molecule has 0 saturated heterocycles. The molecule has 0 radical (unpaired) electrons. The normalized spacial score (nSPS) is 11.0. The number of aromatic nitrogens is 4. The van der Waals surface area contributed by atoms with Crippen LogP contribution in [0.4, 0.5) is 15.9 Å². The van der Waals surface area contributed by atoms with Crippen molar-refractivity contribution in [2.45, 2.75) is 20.3 Å². The Morgan fingerprint density at radius 3 is 2.69 bits per heavy atom. The van der Waals surface area contributed by atoms with E-state index in [0.29, 0.717) is 17.8 Å². The molecule has 0 amide bonds. The average molecular weight is 347 g/mol. The third-order valence-corrected chi connectivity index (χ3v) is 4.24. The first-order chi connectivity index (χ1) is 12.6. The molecule has 0 aliphatic carbocycles. The summed E-state index contributed by atoms with van der Waals surface area (Å²) in [6.45, 7) is 3.91. The van der Waals surface area contributed by atoms with E-state index in [1.54, 1.807) is 18.3 Å². The highest BCUT2D eigenvalue weighted by Crippen LogP contribution is 2.23. The Hall–Kier alpha value is -3.28. The third-order valence-electron chi connectivity index (χ3n) is 4.24. The minimum Gasteiger partial charge on any atom is -0.346 e. The number of rotatable bonds is 4. The van der Waals surface area contributed by atoms with Gasteiger partial charge in [-0.2, -0.15) is 4.39 Å². The van der Waals surface area contributed by atoms with Gasteiger partial charge in [-0.15, -0.1) is 0 Å². The molecule has 2 N–H and O–H groups in total. The Labute approximate surface area is 150 Å². The first-order valence-electron chi connectivity index (χ1n) is 8.36. The molecule has 6 heteroatoms. The highest BCUT2D eigenvalue weighted by Gasteiger charge is 2.11. The molecule has 4 aromatic rings. The number of fused-ring (bicyclic) bond motifs is 1. The molecule has 4 aromatic heterocycles. The number of H-pyrrole nitrogens is 1. The maximum Gasteiger partial charge on any atom is 0.218 e. The molecule has 5 nitrogen and oxygen atoms in total. The number of hydrogen-bond acceptors (Lipinski definition) is 4. The van der Waals surface area contributed by atoms with Crippen LogP contribution in [-0.2, 0) is 6.42 Å². The predicted molar refractivity (Wildman–Crippen MR) is 100 cm³/mol. The molecule has 130 valence electrons. The molecule has 0 spiro atoms. The highest BCUT2D eigenvalue weighted by atomic mass is 19.1. The lowest BCUT2D eigenvalue weighted by Crippen LogP contribution is -2.00. The zero-order chi connectivity index (χ0) is 18.1. The maximum absolute atomic E-state index is 14.5. The summed E-state index contributed by atoms with van der Waals surface area (Å²) < 4.78 is 14.5. The van der Waals surface area contributed by atoms with Crippen molar-refractivity contribution in [2.75, 3.05) is 5.32 Å². The number of nitrogens with one attached hydrogen (secondary N) is 2. The first kappa shape index (κ1) is 16.2. The standard InChI is InChI=1S/C20H18FN5/c1-12-7-17-15(10-24-20(17)23-9-12)8-14-4-6-18(26-19(14)21)25-16-5-3-13(2)22-11-16/h3-7,9-11H,8H2,1-2H3,(H,23,24)(H,25,26). The van der Waals surface area contributed by atoms with Gasteiger partial charge in [0.15, 0.2) is 0 Å². The zero-order valence-corrected chi connectivity index (χ0v) is 14.5. The number of aryl methyl sites for hydroxylation is 2. The van der Waals surface area contributed by atoms with Crippen molar-refractivity contribution in [3.8, 4) is 0 Å². The second kappa shape index (κ2) is 6.55. The molecule has 0 fully saturated rings. The summed E-state index contributed by atoms with van der Waals surface area (Å²) in [7, 11) is 0. The van der Waals surface area contributed by atoms with Gasteiger partial charge in [0, 0.05) is 35.5 Å². The van der Waals surface area contributed by atoms with E-state index in [9.17, 15) is 4.39 Å². The fourth-order valence-corrected chi connectivity index (χ4v) is 2.87. The number of aromatic amines is 1. The van der Waals surface area contributed by atoms with Gasteiger partial charge in [0.05, 0.1) is 11.9 Å². The second-order valence-electron chi connectivity index (χ2n) is 6.36. The summed E-state index contributed by atoms with van der Waals surface area (Å²) >= 11 is 0. The van der Waals surface area contributed by atoms with E-state index in [4.69, 9.17) is 0 Å². The number of nitrogens with zero attached hydrogens (tertiary/aromatic N) is 3. The van der Waals surface area contributed by atoms with Gasteiger partial charge < -0.3 is 10.3 Å². The Balaban J connectivity index is 1.57. The Morgan fingerprint density at radius 2 is 1.92 bits per heavy atom. The van der Waals surface area contributed by atoms with Crippen LogP contribution in [0.5, 0.6) is 0 Å². The van der Waals surface area contributed by atoms with E-state index in [0.717, 1.165) is 33.5 Å². The molecule has 0 saturated carbocycles. The molecule has 0 aliphatic rings. The summed E-state index contributed by atoms with van der Waals surface area (Å²) in [5, 5.41) is 4.08. The highest BCUT2D eigenvalue weighted by molar-refractivity contribution is 5.80. The number of anilines is 2. The largest absolute Gasteiger partial charge is 0.346 e. The Morgan fingerprint density at radius 1 is 1.04 bits per heavy atom. The van der Waals surface area contributed by atoms with Gasteiger partial charge in [0.2, 0.25) is 5.95 Å². The molecule has 0 aromatic carbocycles. The van der Waals surface area contributed by atoms with Crippen LogP contribution in [-0.4, -0.2) is 19.9 Å². The van der Waals surface area contributed by atoms with Gasteiger partial charge in [-0.25, -0.2) is 9.97 Å². The van der Waals surface area contributed by atoms with Crippen LogP contribution in [0.15, 0.2) is 48.9 Å². The van der Waals surface area contributed by atoms with Gasteiger partial charge in [-0.3, -0.25) is 4.98 Å². The minimum atomic E-state index is -0.481. The van der Waals surface area contributed by atoms with Crippen molar-refractivity contribution in [2.24, 2.45) is 0 Å². The lowest BCUT2D eigenvalue weighted by Gasteiger charge is -2.08. The second-order valence-corrected chi connectivity index (χ2v) is 6.36. The Kier molecular flexibility index (Phi) is 4.08. The van der Waals surface area contributed by atoms with Crippen molar-refractivity contribution in [1.29, 1.82) is 0 Å². The summed E-state index contributed by atoms with van der Waals surface area (Å²) in [5.41, 5.74) is 5.12. The van der Waals surface area contributed by atoms with Gasteiger partial charge in [0.1, 0.15) is 11.5 Å². The first-order valence-corrected chi connectivity index (χ1v) is 8.36. The molecule has 0 bridgehead atoms. The van der Waals surface area contributed by atoms with E-state index in [2.05, 4.69) is 31.3 Å². The van der Waals surface area contributed by atoms with Crippen LogP contribution in [0.2, 0.25) is 0 Å². The molecular formula is C20H18FN5. The summed E-state index contributed by atoms with van der Waals surface area (Å²) in [4.78, 5) is 15.7. The third kappa shape index (κ3) is 3.26. The van der Waals surface area contributed by atoms with Crippen molar-refractivity contribution < 1.29 is 4.39 Å². The lowest BCUT2D eigenvalue weighted by atomic mass is 10.1. The summed E-state index contributed by atoms with van der Waals surface area (Å²) in [6.07, 6.45) is 5.84. The van der Waals surface area contributed by atoms with E-state index in [1.807, 2.05) is 38.4 Å². The average Bonchev–Trinajstić information content (AvgIpc) is 3.01. The van der Waals surface area contributed by atoms with Gasteiger partial charge >= 0.3 is 0 Å². The topological polar surface area (TPSA) is 66.5 Å². The fraction of sp³-hybridized carbons (Fsp3) is 0.150. The zero-order valence-electron chi connectivity index (χ0n) is 14.5. The van der Waals surface area contributed by atoms with E-state index in [-0.39, 0.29) is 0 Å². The van der Waals surface area contributed by atoms with Crippen LogP contribution >= 0.6 is 0 Å².